The zero-order valence-corrected chi connectivity index (χ0v) is 13.4. The zero-order chi connectivity index (χ0) is 15.3. The number of nitriles is 1. The molecular formula is C14H19ClN2O2S. The van der Waals surface area contributed by atoms with Gasteiger partial charge < -0.3 is 0 Å². The molecule has 1 unspecified atom stereocenters. The van der Waals surface area contributed by atoms with Gasteiger partial charge in [-0.05, 0) is 43.9 Å². The Morgan fingerprint density at radius 2 is 1.95 bits per heavy atom. The molecule has 1 aromatic rings. The van der Waals surface area contributed by atoms with Gasteiger partial charge in [0.1, 0.15) is 4.90 Å². The SMILES string of the molecule is CC(C)CCC(C)NS(=O)(=O)c1cc(C#N)ccc1Cl. The molecule has 1 rings (SSSR count). The Kier molecular flexibility index (Phi) is 6.00. The van der Waals surface area contributed by atoms with E-state index in [2.05, 4.69) is 18.6 Å². The molecule has 0 amide bonds. The molecule has 20 heavy (non-hydrogen) atoms. The normalized spacial score (nSPS) is 13.2. The molecule has 0 heterocycles. The Hall–Kier alpha value is -1.09. The summed E-state index contributed by atoms with van der Waals surface area (Å²) in [4.78, 5) is -0.0467. The second kappa shape index (κ2) is 7.07. The van der Waals surface area contributed by atoms with Crippen molar-refractivity contribution in [3.8, 4) is 6.07 Å². The van der Waals surface area contributed by atoms with Gasteiger partial charge in [-0.2, -0.15) is 5.26 Å². The summed E-state index contributed by atoms with van der Waals surface area (Å²) >= 11 is 5.92. The van der Waals surface area contributed by atoms with Gasteiger partial charge >= 0.3 is 0 Å². The lowest BCUT2D eigenvalue weighted by Crippen LogP contribution is -2.33. The van der Waals surface area contributed by atoms with Crippen molar-refractivity contribution in [1.82, 2.24) is 4.72 Å². The molecule has 0 bridgehead atoms. The predicted octanol–water partition coefficient (Wildman–Crippen LogP) is 3.31. The van der Waals surface area contributed by atoms with E-state index in [0.717, 1.165) is 12.8 Å². The van der Waals surface area contributed by atoms with Crippen molar-refractivity contribution in [3.63, 3.8) is 0 Å². The van der Waals surface area contributed by atoms with Crippen LogP contribution in [0.25, 0.3) is 0 Å². The van der Waals surface area contributed by atoms with Crippen LogP contribution in [0.2, 0.25) is 5.02 Å². The molecule has 0 aliphatic heterocycles. The highest BCUT2D eigenvalue weighted by Crippen LogP contribution is 2.23. The maximum absolute atomic E-state index is 12.3. The van der Waals surface area contributed by atoms with Gasteiger partial charge in [-0.25, -0.2) is 13.1 Å². The number of nitrogens with zero attached hydrogens (tertiary/aromatic N) is 1. The van der Waals surface area contributed by atoms with Gasteiger partial charge in [0, 0.05) is 6.04 Å². The molecule has 0 aliphatic carbocycles. The highest BCUT2D eigenvalue weighted by molar-refractivity contribution is 7.89. The second-order valence-electron chi connectivity index (χ2n) is 5.25. The fourth-order valence-electron chi connectivity index (χ4n) is 1.75. The molecule has 0 aliphatic rings. The van der Waals surface area contributed by atoms with Crippen LogP contribution in [-0.2, 0) is 10.0 Å². The molecule has 6 heteroatoms. The molecule has 1 N–H and O–H groups in total. The number of benzene rings is 1. The Morgan fingerprint density at radius 1 is 1.30 bits per heavy atom. The number of sulfonamides is 1. The van der Waals surface area contributed by atoms with Gasteiger partial charge in [0.05, 0.1) is 16.7 Å². The van der Waals surface area contributed by atoms with Gasteiger partial charge in [0.2, 0.25) is 10.0 Å². The van der Waals surface area contributed by atoms with E-state index in [-0.39, 0.29) is 21.5 Å². The molecular weight excluding hydrogens is 296 g/mol. The smallest absolute Gasteiger partial charge is 0.208 e. The lowest BCUT2D eigenvalue weighted by molar-refractivity contribution is 0.485. The standard InChI is InChI=1S/C14H19ClN2O2S/c1-10(2)4-5-11(3)17-20(18,19)14-8-12(9-16)6-7-13(14)15/h6-8,10-11,17H,4-5H2,1-3H3. The number of halogens is 1. The van der Waals surface area contributed by atoms with Crippen LogP contribution in [0.1, 0.15) is 39.2 Å². The van der Waals surface area contributed by atoms with E-state index < -0.39 is 10.0 Å². The summed E-state index contributed by atoms with van der Waals surface area (Å²) in [5.74, 6) is 0.521. The first-order valence-corrected chi connectivity index (χ1v) is 8.34. The summed E-state index contributed by atoms with van der Waals surface area (Å²) in [5, 5.41) is 8.96. The third-order valence-electron chi connectivity index (χ3n) is 2.88. The van der Waals surface area contributed by atoms with E-state index in [0.29, 0.717) is 5.92 Å². The first-order valence-electron chi connectivity index (χ1n) is 6.48. The van der Waals surface area contributed by atoms with Crippen LogP contribution < -0.4 is 4.72 Å². The van der Waals surface area contributed by atoms with Crippen LogP contribution in [0, 0.1) is 17.2 Å². The largest absolute Gasteiger partial charge is 0.242 e. The van der Waals surface area contributed by atoms with Crippen LogP contribution in [0.4, 0.5) is 0 Å². The van der Waals surface area contributed by atoms with Crippen molar-refractivity contribution in [3.05, 3.63) is 28.8 Å². The van der Waals surface area contributed by atoms with Crippen LogP contribution >= 0.6 is 11.6 Å². The number of hydrogen-bond acceptors (Lipinski definition) is 3. The Balaban J connectivity index is 2.92. The summed E-state index contributed by atoms with van der Waals surface area (Å²) in [5.41, 5.74) is 0.268. The molecule has 0 aromatic heterocycles. The van der Waals surface area contributed by atoms with E-state index in [1.165, 1.54) is 18.2 Å². The third-order valence-corrected chi connectivity index (χ3v) is 4.95. The second-order valence-corrected chi connectivity index (χ2v) is 7.34. The number of nitrogens with one attached hydrogen (secondary N) is 1. The molecule has 0 fully saturated rings. The summed E-state index contributed by atoms with van der Waals surface area (Å²) < 4.78 is 27.1. The molecule has 110 valence electrons. The summed E-state index contributed by atoms with van der Waals surface area (Å²) in [6.07, 6.45) is 1.70. The Labute approximate surface area is 125 Å². The number of hydrogen-bond donors (Lipinski definition) is 1. The summed E-state index contributed by atoms with van der Waals surface area (Å²) in [7, 11) is -3.70. The van der Waals surface area contributed by atoms with Crippen molar-refractivity contribution in [2.45, 2.75) is 44.6 Å². The topological polar surface area (TPSA) is 70.0 Å². The van der Waals surface area contributed by atoms with Crippen LogP contribution in [-0.4, -0.2) is 14.5 Å². The van der Waals surface area contributed by atoms with E-state index in [9.17, 15) is 8.42 Å². The minimum Gasteiger partial charge on any atom is -0.208 e. The van der Waals surface area contributed by atoms with Crippen molar-refractivity contribution in [1.29, 1.82) is 5.26 Å². The van der Waals surface area contributed by atoms with Gasteiger partial charge in [-0.3, -0.25) is 0 Å². The van der Waals surface area contributed by atoms with Gasteiger partial charge in [0.15, 0.2) is 0 Å². The van der Waals surface area contributed by atoms with Crippen molar-refractivity contribution >= 4 is 21.6 Å². The van der Waals surface area contributed by atoms with Crippen LogP contribution in [0.3, 0.4) is 0 Å². The summed E-state index contributed by atoms with van der Waals surface area (Å²) in [6, 6.07) is 5.94. The zero-order valence-electron chi connectivity index (χ0n) is 11.9. The third kappa shape index (κ3) is 4.78. The van der Waals surface area contributed by atoms with Crippen LogP contribution in [0.15, 0.2) is 23.1 Å². The monoisotopic (exact) mass is 314 g/mol. The fourth-order valence-corrected chi connectivity index (χ4v) is 3.55. The van der Waals surface area contributed by atoms with E-state index in [4.69, 9.17) is 16.9 Å². The van der Waals surface area contributed by atoms with E-state index >= 15 is 0 Å². The van der Waals surface area contributed by atoms with Crippen LogP contribution in [0.5, 0.6) is 0 Å². The average Bonchev–Trinajstić information content (AvgIpc) is 2.36. The predicted molar refractivity (Wildman–Crippen MR) is 80.0 cm³/mol. The first kappa shape index (κ1) is 17.0. The Morgan fingerprint density at radius 3 is 2.50 bits per heavy atom. The molecule has 1 aromatic carbocycles. The highest BCUT2D eigenvalue weighted by Gasteiger charge is 2.21. The first-order chi connectivity index (χ1) is 9.26. The molecule has 4 nitrogen and oxygen atoms in total. The lowest BCUT2D eigenvalue weighted by atomic mass is 10.1. The fraction of sp³-hybridized carbons (Fsp3) is 0.500. The summed E-state index contributed by atoms with van der Waals surface area (Å²) in [6.45, 7) is 6.00. The van der Waals surface area contributed by atoms with E-state index in [1.54, 1.807) is 0 Å². The van der Waals surface area contributed by atoms with Crippen molar-refractivity contribution in [2.24, 2.45) is 5.92 Å². The quantitative estimate of drug-likeness (QED) is 0.875. The Bertz CT molecular complexity index is 606. The van der Waals surface area contributed by atoms with Crippen molar-refractivity contribution in [2.75, 3.05) is 0 Å². The number of rotatable bonds is 6. The lowest BCUT2D eigenvalue weighted by Gasteiger charge is -2.16. The maximum atomic E-state index is 12.3. The van der Waals surface area contributed by atoms with Gasteiger partial charge in [-0.1, -0.05) is 25.4 Å². The average molecular weight is 315 g/mol. The maximum Gasteiger partial charge on any atom is 0.242 e. The van der Waals surface area contributed by atoms with Crippen molar-refractivity contribution < 1.29 is 8.42 Å². The molecule has 0 saturated heterocycles. The molecule has 1 atom stereocenters. The van der Waals surface area contributed by atoms with E-state index in [1.807, 2.05) is 13.0 Å². The van der Waals surface area contributed by atoms with Gasteiger partial charge in [0.25, 0.3) is 0 Å². The van der Waals surface area contributed by atoms with Gasteiger partial charge in [-0.15, -0.1) is 0 Å². The minimum atomic E-state index is -3.70. The highest BCUT2D eigenvalue weighted by atomic mass is 35.5. The molecule has 0 spiro atoms. The minimum absolute atomic E-state index is 0.0467. The molecule has 0 radical (unpaired) electrons. The molecule has 0 saturated carbocycles.